The Hall–Kier alpha value is -2.68. The van der Waals surface area contributed by atoms with Gasteiger partial charge in [-0.3, -0.25) is 19.4 Å². The average Bonchev–Trinajstić information content (AvgIpc) is 2.45. The number of para-hydroxylation sites is 2. The summed E-state index contributed by atoms with van der Waals surface area (Å²) >= 11 is 1.06. The third-order valence-corrected chi connectivity index (χ3v) is 3.74. The van der Waals surface area contributed by atoms with Gasteiger partial charge in [0.2, 0.25) is 0 Å². The van der Waals surface area contributed by atoms with E-state index in [1.807, 2.05) is 18.2 Å². The Balaban J connectivity index is 2.10. The lowest BCUT2D eigenvalue weighted by atomic mass is 10.3. The Bertz CT molecular complexity index is 948. The van der Waals surface area contributed by atoms with Gasteiger partial charge in [-0.05, 0) is 23.9 Å². The van der Waals surface area contributed by atoms with Gasteiger partial charge < -0.3 is 5.73 Å². The van der Waals surface area contributed by atoms with Crippen LogP contribution in [0.4, 0.5) is 5.82 Å². The number of hydrogen-bond acceptors (Lipinski definition) is 7. The van der Waals surface area contributed by atoms with Crippen LogP contribution < -0.4 is 16.9 Å². The number of nitrogens with one attached hydrogen (secondary N) is 1. The van der Waals surface area contributed by atoms with E-state index in [2.05, 4.69) is 20.1 Å². The highest BCUT2D eigenvalue weighted by molar-refractivity contribution is 7.99. The monoisotopic (exact) mass is 302 g/mol. The summed E-state index contributed by atoms with van der Waals surface area (Å²) in [7, 11) is 1.57. The smallest absolute Gasteiger partial charge is 0.339 e. The maximum absolute atomic E-state index is 11.3. The maximum atomic E-state index is 11.3. The van der Waals surface area contributed by atoms with Gasteiger partial charge in [0.1, 0.15) is 5.03 Å². The fourth-order valence-corrected chi connectivity index (χ4v) is 2.49. The van der Waals surface area contributed by atoms with E-state index in [1.165, 1.54) is 4.68 Å². The van der Waals surface area contributed by atoms with Gasteiger partial charge in [0.25, 0.3) is 0 Å². The lowest BCUT2D eigenvalue weighted by Gasteiger charge is -2.07. The molecule has 8 nitrogen and oxygen atoms in total. The predicted octanol–water partition coefficient (Wildman–Crippen LogP) is 0.145. The van der Waals surface area contributed by atoms with Crippen molar-refractivity contribution in [3.8, 4) is 0 Å². The molecule has 0 aliphatic rings. The molecular weight excluding hydrogens is 292 g/mol. The number of nitrogens with zero attached hydrogens (tertiary/aromatic N) is 4. The first kappa shape index (κ1) is 13.3. The maximum Gasteiger partial charge on any atom is 0.339 e. The molecule has 0 aliphatic heterocycles. The Morgan fingerprint density at radius 2 is 1.81 bits per heavy atom. The highest BCUT2D eigenvalue weighted by Crippen LogP contribution is 2.28. The topological polar surface area (TPSA) is 120 Å². The SMILES string of the molecule is Cn1[nH]c(=O)c(=O)nc1Sc1nc2ccccc2nc1N. The summed E-state index contributed by atoms with van der Waals surface area (Å²) in [6.45, 7) is 0. The zero-order valence-corrected chi connectivity index (χ0v) is 11.7. The molecule has 0 fully saturated rings. The van der Waals surface area contributed by atoms with Crippen molar-refractivity contribution in [2.45, 2.75) is 10.2 Å². The summed E-state index contributed by atoms with van der Waals surface area (Å²) in [6.07, 6.45) is 0. The van der Waals surface area contributed by atoms with Crippen molar-refractivity contribution in [2.24, 2.45) is 7.05 Å². The first-order valence-corrected chi connectivity index (χ1v) is 6.74. The Labute approximate surface area is 122 Å². The number of aromatic nitrogens is 5. The molecular formula is C12H10N6O2S. The summed E-state index contributed by atoms with van der Waals surface area (Å²) in [6, 6.07) is 7.30. The number of nitrogens with two attached hydrogens (primary N) is 1. The number of benzene rings is 1. The second kappa shape index (κ2) is 5.02. The van der Waals surface area contributed by atoms with Crippen LogP contribution in [-0.4, -0.2) is 24.7 Å². The molecule has 0 spiro atoms. The van der Waals surface area contributed by atoms with Crippen molar-refractivity contribution >= 4 is 28.6 Å². The predicted molar refractivity (Wildman–Crippen MR) is 78.2 cm³/mol. The van der Waals surface area contributed by atoms with E-state index in [0.717, 1.165) is 11.8 Å². The van der Waals surface area contributed by atoms with Gasteiger partial charge in [-0.2, -0.15) is 4.98 Å². The summed E-state index contributed by atoms with van der Waals surface area (Å²) in [4.78, 5) is 34.8. The summed E-state index contributed by atoms with van der Waals surface area (Å²) in [5.41, 5.74) is 5.60. The number of anilines is 1. The average molecular weight is 302 g/mol. The molecule has 0 saturated heterocycles. The van der Waals surface area contributed by atoms with Crippen LogP contribution in [0.5, 0.6) is 0 Å². The van der Waals surface area contributed by atoms with E-state index in [0.29, 0.717) is 16.1 Å². The van der Waals surface area contributed by atoms with Crippen LogP contribution in [0.15, 0.2) is 44.0 Å². The molecule has 1 aromatic carbocycles. The molecule has 3 aromatic rings. The van der Waals surface area contributed by atoms with E-state index in [4.69, 9.17) is 5.73 Å². The molecule has 2 heterocycles. The van der Waals surface area contributed by atoms with E-state index in [9.17, 15) is 9.59 Å². The Kier molecular flexibility index (Phi) is 3.18. The standard InChI is InChI=1S/C12H10N6O2S/c1-18-12(16-9(19)10(20)17-18)21-11-8(13)14-6-4-2-3-5-7(6)15-11/h2-5H,1H3,(H2,13,14)(H,17,20). The fraction of sp³-hybridized carbons (Fsp3) is 0.0833. The van der Waals surface area contributed by atoms with E-state index in [-0.39, 0.29) is 11.0 Å². The molecule has 3 N–H and O–H groups in total. The van der Waals surface area contributed by atoms with Crippen LogP contribution in [0.25, 0.3) is 11.0 Å². The van der Waals surface area contributed by atoms with Gasteiger partial charge in [0.15, 0.2) is 11.0 Å². The molecule has 0 radical (unpaired) electrons. The number of hydrogen-bond donors (Lipinski definition) is 2. The number of H-pyrrole nitrogens is 1. The van der Waals surface area contributed by atoms with Crippen molar-refractivity contribution in [1.82, 2.24) is 24.7 Å². The Morgan fingerprint density at radius 3 is 2.52 bits per heavy atom. The first-order valence-electron chi connectivity index (χ1n) is 5.92. The highest BCUT2D eigenvalue weighted by Gasteiger charge is 2.12. The lowest BCUT2D eigenvalue weighted by Crippen LogP contribution is -2.33. The lowest BCUT2D eigenvalue weighted by molar-refractivity contribution is 0.596. The molecule has 106 valence electrons. The molecule has 9 heteroatoms. The van der Waals surface area contributed by atoms with Crippen LogP contribution >= 0.6 is 11.8 Å². The first-order chi connectivity index (χ1) is 10.0. The van der Waals surface area contributed by atoms with Crippen LogP contribution in [0.3, 0.4) is 0 Å². The number of rotatable bonds is 2. The van der Waals surface area contributed by atoms with E-state index < -0.39 is 11.1 Å². The third kappa shape index (κ3) is 2.50. The quantitative estimate of drug-likeness (QED) is 0.646. The van der Waals surface area contributed by atoms with Gasteiger partial charge in [-0.1, -0.05) is 12.1 Å². The molecule has 0 aliphatic carbocycles. The normalized spacial score (nSPS) is 10.9. The van der Waals surface area contributed by atoms with E-state index >= 15 is 0 Å². The van der Waals surface area contributed by atoms with Crippen molar-refractivity contribution in [1.29, 1.82) is 0 Å². The van der Waals surface area contributed by atoms with Crippen LogP contribution in [-0.2, 0) is 7.05 Å². The molecule has 0 saturated carbocycles. The number of nitrogen functional groups attached to an aromatic ring is 1. The summed E-state index contributed by atoms with van der Waals surface area (Å²) in [5, 5.41) is 3.05. The highest BCUT2D eigenvalue weighted by atomic mass is 32.2. The molecule has 0 amide bonds. The summed E-state index contributed by atoms with van der Waals surface area (Å²) < 4.78 is 1.34. The largest absolute Gasteiger partial charge is 0.381 e. The van der Waals surface area contributed by atoms with Gasteiger partial charge in [-0.15, -0.1) is 0 Å². The van der Waals surface area contributed by atoms with Gasteiger partial charge in [0, 0.05) is 7.05 Å². The van der Waals surface area contributed by atoms with E-state index in [1.54, 1.807) is 13.1 Å². The van der Waals surface area contributed by atoms with Crippen LogP contribution in [0.1, 0.15) is 0 Å². The molecule has 21 heavy (non-hydrogen) atoms. The fourth-order valence-electron chi connectivity index (χ4n) is 1.71. The molecule has 2 aromatic heterocycles. The molecule has 3 rings (SSSR count). The minimum absolute atomic E-state index is 0.235. The summed E-state index contributed by atoms with van der Waals surface area (Å²) in [5.74, 6) is 0.235. The molecule has 0 unspecified atom stereocenters. The van der Waals surface area contributed by atoms with Gasteiger partial charge >= 0.3 is 11.1 Å². The number of aryl methyl sites for hydroxylation is 1. The van der Waals surface area contributed by atoms with Gasteiger partial charge in [-0.25, -0.2) is 9.97 Å². The van der Waals surface area contributed by atoms with Crippen LogP contribution in [0, 0.1) is 0 Å². The minimum Gasteiger partial charge on any atom is -0.381 e. The van der Waals surface area contributed by atoms with Crippen molar-refractivity contribution in [2.75, 3.05) is 5.73 Å². The zero-order chi connectivity index (χ0) is 15.0. The zero-order valence-electron chi connectivity index (χ0n) is 10.9. The number of aromatic amines is 1. The third-order valence-electron chi connectivity index (χ3n) is 2.70. The second-order valence-electron chi connectivity index (χ2n) is 4.20. The van der Waals surface area contributed by atoms with Gasteiger partial charge in [0.05, 0.1) is 11.0 Å². The van der Waals surface area contributed by atoms with Crippen molar-refractivity contribution < 1.29 is 0 Å². The number of fused-ring (bicyclic) bond motifs is 1. The molecule has 0 bridgehead atoms. The van der Waals surface area contributed by atoms with Crippen molar-refractivity contribution in [3.63, 3.8) is 0 Å². The molecule has 0 atom stereocenters. The minimum atomic E-state index is -0.858. The van der Waals surface area contributed by atoms with Crippen LogP contribution in [0.2, 0.25) is 0 Å². The van der Waals surface area contributed by atoms with Crippen molar-refractivity contribution in [3.05, 3.63) is 45.0 Å². The Morgan fingerprint density at radius 1 is 1.14 bits per heavy atom. The second-order valence-corrected chi connectivity index (χ2v) is 5.16.